The quantitative estimate of drug-likeness (QED) is 0.725. The Kier molecular flexibility index (Phi) is 10.0. The van der Waals surface area contributed by atoms with Gasteiger partial charge in [0.15, 0.2) is 0 Å². The highest BCUT2D eigenvalue weighted by atomic mass is 35.5. The third-order valence-electron chi connectivity index (χ3n) is 3.10. The number of carbonyl (C=O) groups is 1. The van der Waals surface area contributed by atoms with Crippen LogP contribution in [0.2, 0.25) is 0 Å². The Hall–Kier alpha value is -1.10. The molecular formula is C16H27ClN2O2. The summed E-state index contributed by atoms with van der Waals surface area (Å²) in [5.74, 6) is 0.473. The van der Waals surface area contributed by atoms with E-state index >= 15 is 0 Å². The average Bonchev–Trinajstić information content (AvgIpc) is 2.42. The van der Waals surface area contributed by atoms with Crippen molar-refractivity contribution in [2.24, 2.45) is 11.7 Å². The van der Waals surface area contributed by atoms with E-state index < -0.39 is 6.04 Å². The van der Waals surface area contributed by atoms with Gasteiger partial charge in [0.1, 0.15) is 6.04 Å². The van der Waals surface area contributed by atoms with Crippen molar-refractivity contribution in [2.75, 3.05) is 19.8 Å². The molecule has 0 saturated heterocycles. The van der Waals surface area contributed by atoms with Crippen LogP contribution in [0.3, 0.4) is 0 Å². The lowest BCUT2D eigenvalue weighted by Gasteiger charge is -2.13. The van der Waals surface area contributed by atoms with Gasteiger partial charge in [-0.25, -0.2) is 0 Å². The first-order valence-corrected chi connectivity index (χ1v) is 7.18. The van der Waals surface area contributed by atoms with Crippen LogP contribution in [0.4, 0.5) is 0 Å². The molecule has 1 amide bonds. The van der Waals surface area contributed by atoms with Crippen LogP contribution in [0, 0.1) is 12.8 Å². The topological polar surface area (TPSA) is 64.4 Å². The summed E-state index contributed by atoms with van der Waals surface area (Å²) in [5.41, 5.74) is 7.90. The zero-order valence-electron chi connectivity index (χ0n) is 13.1. The molecule has 0 spiro atoms. The Labute approximate surface area is 133 Å². The van der Waals surface area contributed by atoms with Crippen LogP contribution in [0.5, 0.6) is 0 Å². The first kappa shape index (κ1) is 19.9. The van der Waals surface area contributed by atoms with Crippen LogP contribution in [-0.2, 0) is 9.53 Å². The maximum Gasteiger partial charge on any atom is 0.241 e. The van der Waals surface area contributed by atoms with Gasteiger partial charge < -0.3 is 15.8 Å². The van der Waals surface area contributed by atoms with Gasteiger partial charge in [-0.3, -0.25) is 4.79 Å². The molecule has 1 unspecified atom stereocenters. The maximum absolute atomic E-state index is 11.9. The molecule has 0 heterocycles. The van der Waals surface area contributed by atoms with Gasteiger partial charge in [-0.1, -0.05) is 43.7 Å². The summed E-state index contributed by atoms with van der Waals surface area (Å²) in [6.45, 7) is 8.08. The van der Waals surface area contributed by atoms with Crippen LogP contribution in [0.25, 0.3) is 0 Å². The summed E-state index contributed by atoms with van der Waals surface area (Å²) in [5, 5.41) is 2.79. The van der Waals surface area contributed by atoms with Gasteiger partial charge >= 0.3 is 0 Å². The molecule has 0 aliphatic heterocycles. The number of aryl methyl sites for hydroxylation is 1. The molecule has 21 heavy (non-hydrogen) atoms. The minimum absolute atomic E-state index is 0. The molecule has 0 aliphatic rings. The largest absolute Gasteiger partial charge is 0.380 e. The van der Waals surface area contributed by atoms with Crippen molar-refractivity contribution < 1.29 is 9.53 Å². The van der Waals surface area contributed by atoms with Gasteiger partial charge in [0.2, 0.25) is 5.91 Å². The fourth-order valence-electron chi connectivity index (χ4n) is 1.70. The minimum Gasteiger partial charge on any atom is -0.380 e. The molecule has 1 rings (SSSR count). The molecule has 5 heteroatoms. The summed E-state index contributed by atoms with van der Waals surface area (Å²) in [6.07, 6.45) is 1.04. The summed E-state index contributed by atoms with van der Waals surface area (Å²) in [6, 6.07) is 7.07. The molecule has 4 nitrogen and oxygen atoms in total. The predicted molar refractivity (Wildman–Crippen MR) is 88.6 cm³/mol. The van der Waals surface area contributed by atoms with E-state index in [0.717, 1.165) is 24.2 Å². The van der Waals surface area contributed by atoms with Gasteiger partial charge in [0.05, 0.1) is 6.61 Å². The monoisotopic (exact) mass is 314 g/mol. The molecule has 0 saturated carbocycles. The summed E-state index contributed by atoms with van der Waals surface area (Å²) < 4.78 is 5.44. The normalized spacial score (nSPS) is 11.9. The zero-order chi connectivity index (χ0) is 15.0. The lowest BCUT2D eigenvalue weighted by molar-refractivity contribution is -0.122. The Morgan fingerprint density at radius 1 is 1.24 bits per heavy atom. The molecule has 0 radical (unpaired) electrons. The number of rotatable bonds is 8. The molecule has 0 fully saturated rings. The number of hydrogen-bond acceptors (Lipinski definition) is 3. The van der Waals surface area contributed by atoms with Crippen molar-refractivity contribution in [3.63, 3.8) is 0 Å². The van der Waals surface area contributed by atoms with E-state index in [9.17, 15) is 4.79 Å². The highest BCUT2D eigenvalue weighted by Crippen LogP contribution is 2.11. The Balaban J connectivity index is 0.00000400. The first-order chi connectivity index (χ1) is 9.50. The van der Waals surface area contributed by atoms with Crippen molar-refractivity contribution in [3.05, 3.63) is 35.4 Å². The van der Waals surface area contributed by atoms with E-state index in [1.807, 2.05) is 31.2 Å². The molecule has 0 bridgehead atoms. The predicted octanol–water partition coefficient (Wildman–Crippen LogP) is 2.60. The summed E-state index contributed by atoms with van der Waals surface area (Å²) in [4.78, 5) is 11.9. The van der Waals surface area contributed by atoms with Gasteiger partial charge in [0, 0.05) is 13.2 Å². The second kappa shape index (κ2) is 10.6. The highest BCUT2D eigenvalue weighted by molar-refractivity contribution is 5.85. The van der Waals surface area contributed by atoms with Crippen LogP contribution in [-0.4, -0.2) is 25.7 Å². The van der Waals surface area contributed by atoms with E-state index in [4.69, 9.17) is 10.5 Å². The maximum atomic E-state index is 11.9. The standard InChI is InChI=1S/C16H26N2O2.ClH/c1-12(2)8-10-20-11-9-18-16(19)15(17)14-6-4-13(3)5-7-14;/h4-7,12,15H,8-11,17H2,1-3H3,(H,18,19);1H. The van der Waals surface area contributed by atoms with E-state index in [-0.39, 0.29) is 18.3 Å². The minimum atomic E-state index is -0.619. The van der Waals surface area contributed by atoms with Gasteiger partial charge in [0.25, 0.3) is 0 Å². The third-order valence-corrected chi connectivity index (χ3v) is 3.10. The fraction of sp³-hybridized carbons (Fsp3) is 0.562. The fourth-order valence-corrected chi connectivity index (χ4v) is 1.70. The number of hydrogen-bond donors (Lipinski definition) is 2. The van der Waals surface area contributed by atoms with Gasteiger partial charge in [-0.2, -0.15) is 0 Å². The number of amides is 1. The van der Waals surface area contributed by atoms with Crippen molar-refractivity contribution in [1.29, 1.82) is 0 Å². The van der Waals surface area contributed by atoms with Crippen LogP contribution in [0.15, 0.2) is 24.3 Å². The first-order valence-electron chi connectivity index (χ1n) is 7.18. The Morgan fingerprint density at radius 3 is 2.43 bits per heavy atom. The van der Waals surface area contributed by atoms with Gasteiger partial charge in [-0.05, 0) is 24.8 Å². The number of nitrogens with two attached hydrogens (primary N) is 1. The van der Waals surface area contributed by atoms with Crippen molar-refractivity contribution in [1.82, 2.24) is 5.32 Å². The Bertz CT molecular complexity index is 407. The molecule has 0 aromatic heterocycles. The lowest BCUT2D eigenvalue weighted by atomic mass is 10.1. The second-order valence-corrected chi connectivity index (χ2v) is 5.47. The molecule has 1 aromatic carbocycles. The molecule has 0 aliphatic carbocycles. The number of ether oxygens (including phenoxy) is 1. The molecule has 3 N–H and O–H groups in total. The Morgan fingerprint density at radius 2 is 1.86 bits per heavy atom. The van der Waals surface area contributed by atoms with Crippen LogP contribution >= 0.6 is 12.4 Å². The molecule has 120 valence electrons. The average molecular weight is 315 g/mol. The van der Waals surface area contributed by atoms with Gasteiger partial charge in [-0.15, -0.1) is 12.4 Å². The lowest BCUT2D eigenvalue weighted by Crippen LogP contribution is -2.36. The summed E-state index contributed by atoms with van der Waals surface area (Å²) in [7, 11) is 0. The second-order valence-electron chi connectivity index (χ2n) is 5.47. The van der Waals surface area contributed by atoms with Crippen LogP contribution < -0.4 is 11.1 Å². The number of halogens is 1. The van der Waals surface area contributed by atoms with Crippen molar-refractivity contribution >= 4 is 18.3 Å². The van der Waals surface area contributed by atoms with E-state index in [1.165, 1.54) is 0 Å². The smallest absolute Gasteiger partial charge is 0.241 e. The highest BCUT2D eigenvalue weighted by Gasteiger charge is 2.14. The van der Waals surface area contributed by atoms with Crippen LogP contribution in [0.1, 0.15) is 37.4 Å². The SMILES string of the molecule is Cc1ccc(C(N)C(=O)NCCOCCC(C)C)cc1.Cl. The molecule has 1 aromatic rings. The van der Waals surface area contributed by atoms with E-state index in [2.05, 4.69) is 19.2 Å². The van der Waals surface area contributed by atoms with E-state index in [1.54, 1.807) is 0 Å². The number of nitrogens with one attached hydrogen (secondary N) is 1. The molecular weight excluding hydrogens is 288 g/mol. The van der Waals surface area contributed by atoms with Crippen molar-refractivity contribution in [3.8, 4) is 0 Å². The van der Waals surface area contributed by atoms with Crippen molar-refractivity contribution in [2.45, 2.75) is 33.2 Å². The number of benzene rings is 1. The number of carbonyl (C=O) groups excluding carboxylic acids is 1. The third kappa shape index (κ3) is 8.05. The summed E-state index contributed by atoms with van der Waals surface area (Å²) >= 11 is 0. The van der Waals surface area contributed by atoms with E-state index in [0.29, 0.717) is 19.1 Å². The zero-order valence-corrected chi connectivity index (χ0v) is 13.9. The molecule has 1 atom stereocenters.